The van der Waals surface area contributed by atoms with Gasteiger partial charge in [-0.25, -0.2) is 4.79 Å². The van der Waals surface area contributed by atoms with Crippen LogP contribution in [0.5, 0.6) is 0 Å². The number of amides is 1. The largest absolute Gasteiger partial charge is 0.479 e. The monoisotopic (exact) mass is 305 g/mol. The van der Waals surface area contributed by atoms with Crippen LogP contribution in [0.1, 0.15) is 37.7 Å². The van der Waals surface area contributed by atoms with E-state index < -0.39 is 11.5 Å². The average molecular weight is 305 g/mol. The summed E-state index contributed by atoms with van der Waals surface area (Å²) in [5.41, 5.74) is -0.0528. The Hall–Kier alpha value is -1.88. The number of ether oxygens (including phenoxy) is 1. The molecule has 0 heterocycles. The molecule has 2 rings (SSSR count). The number of aliphatic carboxylic acids is 1. The van der Waals surface area contributed by atoms with Gasteiger partial charge >= 0.3 is 5.97 Å². The summed E-state index contributed by atoms with van der Waals surface area (Å²) >= 11 is 0. The Kier molecular flexibility index (Phi) is 5.19. The molecule has 1 aromatic carbocycles. The maximum Gasteiger partial charge on any atom is 0.331 e. The van der Waals surface area contributed by atoms with Crippen molar-refractivity contribution in [3.05, 3.63) is 35.9 Å². The van der Waals surface area contributed by atoms with Crippen LogP contribution in [0.25, 0.3) is 0 Å². The van der Waals surface area contributed by atoms with Crippen LogP contribution in [0.3, 0.4) is 0 Å². The fraction of sp³-hybridized carbons (Fsp3) is 0.529. The van der Waals surface area contributed by atoms with Gasteiger partial charge < -0.3 is 15.2 Å². The van der Waals surface area contributed by atoms with Crippen molar-refractivity contribution in [2.24, 2.45) is 5.92 Å². The fourth-order valence-electron chi connectivity index (χ4n) is 2.96. The first-order chi connectivity index (χ1) is 10.4. The Morgan fingerprint density at radius 1 is 1.32 bits per heavy atom. The van der Waals surface area contributed by atoms with E-state index in [4.69, 9.17) is 4.74 Å². The van der Waals surface area contributed by atoms with Gasteiger partial charge in [0.15, 0.2) is 5.54 Å². The average Bonchev–Trinajstić information content (AvgIpc) is 2.43. The lowest BCUT2D eigenvalue weighted by molar-refractivity contribution is -0.149. The number of carboxylic acid groups (broad SMARTS) is 1. The molecule has 0 saturated heterocycles. The van der Waals surface area contributed by atoms with E-state index in [0.717, 1.165) is 12.8 Å². The highest BCUT2D eigenvalue weighted by Gasteiger charge is 2.37. The topological polar surface area (TPSA) is 75.6 Å². The highest BCUT2D eigenvalue weighted by atomic mass is 16.5. The van der Waals surface area contributed by atoms with Gasteiger partial charge in [0, 0.05) is 13.5 Å². The Balaban J connectivity index is 1.81. The number of carbonyl (C=O) groups is 2. The molecule has 1 saturated carbocycles. The smallest absolute Gasteiger partial charge is 0.331 e. The summed E-state index contributed by atoms with van der Waals surface area (Å²) in [4.78, 5) is 23.3. The third-order valence-corrected chi connectivity index (χ3v) is 4.30. The zero-order valence-electron chi connectivity index (χ0n) is 13.0. The second kappa shape index (κ2) is 6.92. The van der Waals surface area contributed by atoms with E-state index in [-0.39, 0.29) is 12.5 Å². The first kappa shape index (κ1) is 16.5. The Labute approximate surface area is 130 Å². The van der Waals surface area contributed by atoms with E-state index >= 15 is 0 Å². The Bertz CT molecular complexity index is 525. The molecule has 1 aliphatic rings. The Morgan fingerprint density at radius 2 is 1.95 bits per heavy atom. The number of carboxylic acids is 1. The lowest BCUT2D eigenvalue weighted by Gasteiger charge is -2.36. The van der Waals surface area contributed by atoms with E-state index in [9.17, 15) is 14.7 Å². The number of hydrogen-bond acceptors (Lipinski definition) is 3. The molecule has 0 spiro atoms. The molecule has 1 atom stereocenters. The normalized spacial score (nSPS) is 23.2. The van der Waals surface area contributed by atoms with E-state index in [1.54, 1.807) is 0 Å². The van der Waals surface area contributed by atoms with Crippen molar-refractivity contribution in [2.45, 2.75) is 37.6 Å². The zero-order valence-corrected chi connectivity index (χ0v) is 13.0. The van der Waals surface area contributed by atoms with E-state index in [0.29, 0.717) is 18.3 Å². The Morgan fingerprint density at radius 3 is 2.50 bits per heavy atom. The molecule has 1 amide bonds. The quantitative estimate of drug-likeness (QED) is 0.809. The molecule has 1 aromatic rings. The first-order valence-corrected chi connectivity index (χ1v) is 7.53. The minimum Gasteiger partial charge on any atom is -0.479 e. The molecule has 5 heteroatoms. The molecule has 120 valence electrons. The van der Waals surface area contributed by atoms with Crippen LogP contribution in [-0.4, -0.2) is 36.2 Å². The highest BCUT2D eigenvalue weighted by molar-refractivity contribution is 5.86. The van der Waals surface area contributed by atoms with Crippen molar-refractivity contribution < 1.29 is 19.4 Å². The molecular weight excluding hydrogens is 282 g/mol. The summed E-state index contributed by atoms with van der Waals surface area (Å²) in [6.07, 6.45) is 2.33. The number of methoxy groups -OCH3 is 1. The van der Waals surface area contributed by atoms with Crippen LogP contribution in [0.4, 0.5) is 0 Å². The molecule has 0 radical (unpaired) electrons. The molecule has 0 aromatic heterocycles. The van der Waals surface area contributed by atoms with Crippen LogP contribution in [-0.2, 0) is 14.3 Å². The zero-order chi connectivity index (χ0) is 16.2. The maximum atomic E-state index is 12.1. The standard InChI is InChI=1S/C17H23NO4/c1-17(11-22-2,16(20)21)18-15(19)10-12-8-14(9-12)13-6-4-3-5-7-13/h3-7,12,14H,8-11H2,1-2H3,(H,18,19)(H,20,21). The molecule has 1 unspecified atom stereocenters. The van der Waals surface area contributed by atoms with Gasteiger partial charge in [0.2, 0.25) is 5.91 Å². The highest BCUT2D eigenvalue weighted by Crippen LogP contribution is 2.43. The third kappa shape index (κ3) is 3.85. The van der Waals surface area contributed by atoms with E-state index in [1.807, 2.05) is 18.2 Å². The van der Waals surface area contributed by atoms with Crippen LogP contribution in [0.15, 0.2) is 30.3 Å². The summed E-state index contributed by atoms with van der Waals surface area (Å²) in [7, 11) is 1.42. The van der Waals surface area contributed by atoms with Gasteiger partial charge in [-0.2, -0.15) is 0 Å². The predicted octanol–water partition coefficient (Wildman–Crippen LogP) is 2.18. The predicted molar refractivity (Wildman–Crippen MR) is 82.6 cm³/mol. The summed E-state index contributed by atoms with van der Waals surface area (Å²) in [5, 5.41) is 11.8. The van der Waals surface area contributed by atoms with Gasteiger partial charge in [-0.05, 0) is 37.2 Å². The minimum absolute atomic E-state index is 0.0502. The molecule has 2 N–H and O–H groups in total. The number of nitrogens with one attached hydrogen (secondary N) is 1. The SMILES string of the molecule is COCC(C)(NC(=O)CC1CC(c2ccccc2)C1)C(=O)O. The van der Waals surface area contributed by atoms with Crippen molar-refractivity contribution in [2.75, 3.05) is 13.7 Å². The van der Waals surface area contributed by atoms with Crippen LogP contribution in [0.2, 0.25) is 0 Å². The summed E-state index contributed by atoms with van der Waals surface area (Å²) in [5.74, 6) is -0.466. The lowest BCUT2D eigenvalue weighted by Crippen LogP contribution is -2.55. The lowest BCUT2D eigenvalue weighted by atomic mass is 9.70. The van der Waals surface area contributed by atoms with Crippen molar-refractivity contribution in [3.63, 3.8) is 0 Å². The van der Waals surface area contributed by atoms with Crippen molar-refractivity contribution >= 4 is 11.9 Å². The van der Waals surface area contributed by atoms with Gasteiger partial charge in [0.25, 0.3) is 0 Å². The molecule has 1 aliphatic carbocycles. The first-order valence-electron chi connectivity index (χ1n) is 7.53. The summed E-state index contributed by atoms with van der Waals surface area (Å²) in [6.45, 7) is 1.41. The van der Waals surface area contributed by atoms with Crippen LogP contribution >= 0.6 is 0 Å². The molecule has 22 heavy (non-hydrogen) atoms. The maximum absolute atomic E-state index is 12.1. The summed E-state index contributed by atoms with van der Waals surface area (Å²) in [6, 6.07) is 10.3. The van der Waals surface area contributed by atoms with Gasteiger partial charge in [-0.15, -0.1) is 0 Å². The second-order valence-electron chi connectivity index (χ2n) is 6.27. The van der Waals surface area contributed by atoms with Crippen LogP contribution < -0.4 is 5.32 Å². The van der Waals surface area contributed by atoms with Gasteiger partial charge in [-0.3, -0.25) is 4.79 Å². The number of carbonyl (C=O) groups excluding carboxylic acids is 1. The van der Waals surface area contributed by atoms with Crippen molar-refractivity contribution in [1.29, 1.82) is 0 Å². The van der Waals surface area contributed by atoms with E-state index in [1.165, 1.54) is 19.6 Å². The van der Waals surface area contributed by atoms with Gasteiger partial charge in [0.05, 0.1) is 6.61 Å². The molecule has 0 aliphatic heterocycles. The molecule has 1 fully saturated rings. The fourth-order valence-corrected chi connectivity index (χ4v) is 2.96. The molecule has 5 nitrogen and oxygen atoms in total. The summed E-state index contributed by atoms with van der Waals surface area (Å²) < 4.78 is 4.89. The van der Waals surface area contributed by atoms with Crippen molar-refractivity contribution in [1.82, 2.24) is 5.32 Å². The van der Waals surface area contributed by atoms with Gasteiger partial charge in [-0.1, -0.05) is 30.3 Å². The van der Waals surface area contributed by atoms with E-state index in [2.05, 4.69) is 17.4 Å². The number of benzene rings is 1. The number of hydrogen-bond donors (Lipinski definition) is 2. The minimum atomic E-state index is -1.37. The molecular formula is C17H23NO4. The molecule has 0 bridgehead atoms. The second-order valence-corrected chi connectivity index (χ2v) is 6.27. The van der Waals surface area contributed by atoms with Crippen LogP contribution in [0, 0.1) is 5.92 Å². The number of rotatable bonds is 7. The third-order valence-electron chi connectivity index (χ3n) is 4.30. The van der Waals surface area contributed by atoms with Crippen molar-refractivity contribution in [3.8, 4) is 0 Å². The van der Waals surface area contributed by atoms with Gasteiger partial charge in [0.1, 0.15) is 0 Å².